The molecule has 0 aliphatic heterocycles. The van der Waals surface area contributed by atoms with Crippen molar-refractivity contribution in [1.82, 2.24) is 5.32 Å². The minimum atomic E-state index is -0.205. The van der Waals surface area contributed by atoms with E-state index < -0.39 is 0 Å². The van der Waals surface area contributed by atoms with Crippen LogP contribution < -0.4 is 11.1 Å². The molecule has 1 aliphatic carbocycles. The molecular formula is C11H24N2O. The van der Waals surface area contributed by atoms with Crippen molar-refractivity contribution < 1.29 is 5.11 Å². The maximum Gasteiger partial charge on any atom is 0.0607 e. The van der Waals surface area contributed by atoms with Crippen molar-refractivity contribution in [1.29, 1.82) is 0 Å². The number of nitrogens with two attached hydrogens (primary N) is 1. The van der Waals surface area contributed by atoms with Crippen LogP contribution in [-0.2, 0) is 0 Å². The number of hydrogen-bond donors (Lipinski definition) is 3. The fourth-order valence-corrected chi connectivity index (χ4v) is 1.90. The molecule has 1 rings (SSSR count). The van der Waals surface area contributed by atoms with Crippen molar-refractivity contribution in [2.75, 3.05) is 13.2 Å². The van der Waals surface area contributed by atoms with E-state index in [1.54, 1.807) is 0 Å². The molecule has 14 heavy (non-hydrogen) atoms. The summed E-state index contributed by atoms with van der Waals surface area (Å²) in [5.74, 6) is 0. The number of aliphatic hydroxyl groups excluding tert-OH is 1. The summed E-state index contributed by atoms with van der Waals surface area (Å²) in [4.78, 5) is 0. The Morgan fingerprint density at radius 1 is 1.29 bits per heavy atom. The van der Waals surface area contributed by atoms with Gasteiger partial charge in [-0.25, -0.2) is 0 Å². The molecule has 0 radical (unpaired) electrons. The lowest BCUT2D eigenvalue weighted by molar-refractivity contribution is 0.169. The summed E-state index contributed by atoms with van der Waals surface area (Å²) >= 11 is 0. The van der Waals surface area contributed by atoms with Gasteiger partial charge in [-0.3, -0.25) is 0 Å². The molecule has 0 unspecified atom stereocenters. The number of hydrogen-bond acceptors (Lipinski definition) is 3. The van der Waals surface area contributed by atoms with Gasteiger partial charge in [0.1, 0.15) is 0 Å². The molecule has 0 atom stereocenters. The lowest BCUT2D eigenvalue weighted by atomic mass is 9.82. The monoisotopic (exact) mass is 200 g/mol. The van der Waals surface area contributed by atoms with Crippen LogP contribution in [0.2, 0.25) is 0 Å². The largest absolute Gasteiger partial charge is 0.394 e. The Kier molecular flexibility index (Phi) is 3.93. The van der Waals surface area contributed by atoms with Crippen LogP contribution in [0, 0.1) is 0 Å². The van der Waals surface area contributed by atoms with Gasteiger partial charge >= 0.3 is 0 Å². The van der Waals surface area contributed by atoms with Gasteiger partial charge in [-0.05, 0) is 26.7 Å². The van der Waals surface area contributed by atoms with E-state index in [1.807, 2.05) is 13.8 Å². The highest BCUT2D eigenvalue weighted by Crippen LogP contribution is 2.25. The summed E-state index contributed by atoms with van der Waals surface area (Å²) in [6.45, 7) is 4.97. The van der Waals surface area contributed by atoms with Crippen LogP contribution in [0.1, 0.15) is 46.0 Å². The second-order valence-electron chi connectivity index (χ2n) is 5.32. The lowest BCUT2D eigenvalue weighted by Gasteiger charge is -2.37. The molecule has 1 fully saturated rings. The molecular weight excluding hydrogens is 176 g/mol. The smallest absolute Gasteiger partial charge is 0.0607 e. The molecule has 3 heteroatoms. The third-order valence-electron chi connectivity index (χ3n) is 3.16. The summed E-state index contributed by atoms with van der Waals surface area (Å²) in [5, 5.41) is 12.4. The Morgan fingerprint density at radius 3 is 2.36 bits per heavy atom. The predicted molar refractivity (Wildman–Crippen MR) is 59.2 cm³/mol. The Hall–Kier alpha value is -0.120. The normalized spacial score (nSPS) is 22.3. The van der Waals surface area contributed by atoms with Gasteiger partial charge in [0.25, 0.3) is 0 Å². The SMILES string of the molecule is CC(C)(CO)NCC1(N)CCCCC1. The second-order valence-corrected chi connectivity index (χ2v) is 5.32. The first kappa shape index (κ1) is 12.0. The Bertz CT molecular complexity index is 174. The zero-order chi connectivity index (χ0) is 10.7. The van der Waals surface area contributed by atoms with Crippen LogP contribution in [0.15, 0.2) is 0 Å². The summed E-state index contributed by atoms with van der Waals surface area (Å²) in [6.07, 6.45) is 6.04. The van der Waals surface area contributed by atoms with Gasteiger partial charge in [-0.2, -0.15) is 0 Å². The van der Waals surface area contributed by atoms with E-state index in [1.165, 1.54) is 19.3 Å². The first-order valence-electron chi connectivity index (χ1n) is 5.62. The molecule has 0 heterocycles. The van der Waals surface area contributed by atoms with Gasteiger partial charge in [-0.15, -0.1) is 0 Å². The van der Waals surface area contributed by atoms with Gasteiger partial charge < -0.3 is 16.2 Å². The molecule has 3 nitrogen and oxygen atoms in total. The van der Waals surface area contributed by atoms with Crippen molar-refractivity contribution in [2.45, 2.75) is 57.0 Å². The minimum absolute atomic E-state index is 0.0370. The Labute approximate surface area is 87.1 Å². The maximum atomic E-state index is 9.10. The van der Waals surface area contributed by atoms with Crippen LogP contribution >= 0.6 is 0 Å². The van der Waals surface area contributed by atoms with E-state index in [0.29, 0.717) is 0 Å². The van der Waals surface area contributed by atoms with Crippen LogP contribution in [-0.4, -0.2) is 29.3 Å². The summed E-state index contributed by atoms with van der Waals surface area (Å²) in [7, 11) is 0. The molecule has 0 aromatic rings. The van der Waals surface area contributed by atoms with Crippen molar-refractivity contribution in [2.24, 2.45) is 5.73 Å². The third-order valence-corrected chi connectivity index (χ3v) is 3.16. The zero-order valence-corrected chi connectivity index (χ0v) is 9.47. The van der Waals surface area contributed by atoms with Gasteiger partial charge in [0.15, 0.2) is 0 Å². The van der Waals surface area contributed by atoms with Gasteiger partial charge in [0.05, 0.1) is 6.61 Å². The molecule has 0 saturated heterocycles. The Morgan fingerprint density at radius 2 is 1.86 bits per heavy atom. The summed E-state index contributed by atoms with van der Waals surface area (Å²) < 4.78 is 0. The minimum Gasteiger partial charge on any atom is -0.394 e. The standard InChI is InChI=1S/C11H24N2O/c1-10(2,9-14)13-8-11(12)6-4-3-5-7-11/h13-14H,3-9,12H2,1-2H3. The first-order valence-corrected chi connectivity index (χ1v) is 5.62. The first-order chi connectivity index (χ1) is 6.47. The van der Waals surface area contributed by atoms with E-state index in [2.05, 4.69) is 5.32 Å². The number of aliphatic hydroxyl groups is 1. The highest BCUT2D eigenvalue weighted by Gasteiger charge is 2.29. The third kappa shape index (κ3) is 3.56. The fourth-order valence-electron chi connectivity index (χ4n) is 1.90. The molecule has 0 bridgehead atoms. The molecule has 84 valence electrons. The van der Waals surface area contributed by atoms with Crippen molar-refractivity contribution in [3.05, 3.63) is 0 Å². The topological polar surface area (TPSA) is 58.3 Å². The molecule has 0 amide bonds. The van der Waals surface area contributed by atoms with Crippen LogP contribution in [0.5, 0.6) is 0 Å². The fraction of sp³-hybridized carbons (Fsp3) is 1.00. The van der Waals surface area contributed by atoms with Crippen LogP contribution in [0.25, 0.3) is 0 Å². The summed E-state index contributed by atoms with van der Waals surface area (Å²) in [6, 6.07) is 0. The van der Waals surface area contributed by atoms with Crippen molar-refractivity contribution >= 4 is 0 Å². The van der Waals surface area contributed by atoms with Gasteiger partial charge in [0.2, 0.25) is 0 Å². The van der Waals surface area contributed by atoms with E-state index in [9.17, 15) is 0 Å². The number of nitrogens with one attached hydrogen (secondary N) is 1. The Balaban J connectivity index is 2.35. The zero-order valence-electron chi connectivity index (χ0n) is 9.47. The molecule has 0 spiro atoms. The van der Waals surface area contributed by atoms with E-state index in [-0.39, 0.29) is 17.7 Å². The van der Waals surface area contributed by atoms with Crippen LogP contribution in [0.4, 0.5) is 0 Å². The molecule has 0 aromatic carbocycles. The summed E-state index contributed by atoms with van der Waals surface area (Å²) in [5.41, 5.74) is 6.04. The van der Waals surface area contributed by atoms with Gasteiger partial charge in [0, 0.05) is 17.6 Å². The highest BCUT2D eigenvalue weighted by atomic mass is 16.3. The molecule has 1 saturated carbocycles. The van der Waals surface area contributed by atoms with E-state index in [4.69, 9.17) is 10.8 Å². The highest BCUT2D eigenvalue weighted by molar-refractivity contribution is 4.92. The lowest BCUT2D eigenvalue weighted by Crippen LogP contribution is -2.55. The average molecular weight is 200 g/mol. The number of rotatable bonds is 4. The van der Waals surface area contributed by atoms with Crippen LogP contribution in [0.3, 0.4) is 0 Å². The average Bonchev–Trinajstić information content (AvgIpc) is 2.17. The predicted octanol–water partition coefficient (Wildman–Crippen LogP) is 1.01. The maximum absolute atomic E-state index is 9.10. The van der Waals surface area contributed by atoms with E-state index >= 15 is 0 Å². The quantitative estimate of drug-likeness (QED) is 0.635. The van der Waals surface area contributed by atoms with Crippen molar-refractivity contribution in [3.63, 3.8) is 0 Å². The van der Waals surface area contributed by atoms with Crippen molar-refractivity contribution in [3.8, 4) is 0 Å². The second kappa shape index (κ2) is 4.60. The van der Waals surface area contributed by atoms with Gasteiger partial charge in [-0.1, -0.05) is 19.3 Å². The molecule has 1 aliphatic rings. The molecule has 0 aromatic heterocycles. The molecule has 4 N–H and O–H groups in total. The van der Waals surface area contributed by atoms with E-state index in [0.717, 1.165) is 19.4 Å².